The summed E-state index contributed by atoms with van der Waals surface area (Å²) in [6, 6.07) is 16.6. The largest absolute Gasteiger partial charge is 0.497 e. The van der Waals surface area contributed by atoms with E-state index in [0.29, 0.717) is 17.8 Å². The summed E-state index contributed by atoms with van der Waals surface area (Å²) in [5.41, 5.74) is 2.41. The molecule has 2 aliphatic rings. The molecule has 3 aromatic rings. The van der Waals surface area contributed by atoms with Crippen LogP contribution in [-0.2, 0) is 0 Å². The van der Waals surface area contributed by atoms with Gasteiger partial charge in [0, 0.05) is 11.8 Å². The van der Waals surface area contributed by atoms with Gasteiger partial charge in [0.15, 0.2) is 5.82 Å². The third kappa shape index (κ3) is 3.69. The molecule has 2 aliphatic carbocycles. The number of hydrogen-bond donors (Lipinski definition) is 0. The van der Waals surface area contributed by atoms with Gasteiger partial charge in [0.1, 0.15) is 17.3 Å². The Morgan fingerprint density at radius 3 is 2.07 bits per heavy atom. The van der Waals surface area contributed by atoms with Crippen LogP contribution in [0.5, 0.6) is 11.5 Å². The van der Waals surface area contributed by atoms with Crippen molar-refractivity contribution in [1.82, 2.24) is 14.8 Å². The zero-order valence-electron chi connectivity index (χ0n) is 17.8. The van der Waals surface area contributed by atoms with Gasteiger partial charge in [-0.3, -0.25) is 0 Å². The summed E-state index contributed by atoms with van der Waals surface area (Å²) in [6.07, 6.45) is 7.44. The second-order valence-corrected chi connectivity index (χ2v) is 8.49. The molecule has 5 rings (SSSR count). The summed E-state index contributed by atoms with van der Waals surface area (Å²) in [6.45, 7) is 0. The number of benzene rings is 2. The summed E-state index contributed by atoms with van der Waals surface area (Å²) < 4.78 is 12.7. The molecule has 2 fully saturated rings. The van der Waals surface area contributed by atoms with Crippen LogP contribution >= 0.6 is 0 Å². The molecular formula is C25H29N3O2. The lowest BCUT2D eigenvalue weighted by Gasteiger charge is -2.18. The third-order valence-corrected chi connectivity index (χ3v) is 6.60. The Morgan fingerprint density at radius 1 is 0.800 bits per heavy atom. The van der Waals surface area contributed by atoms with Crippen LogP contribution in [0.25, 0.3) is 5.69 Å². The normalized spacial score (nSPS) is 21.4. The minimum Gasteiger partial charge on any atom is -0.497 e. The van der Waals surface area contributed by atoms with Gasteiger partial charge < -0.3 is 9.47 Å². The molecule has 0 radical (unpaired) electrons. The highest BCUT2D eigenvalue weighted by Crippen LogP contribution is 2.54. The predicted octanol–water partition coefficient (Wildman–Crippen LogP) is 5.60. The Balaban J connectivity index is 1.47. The molecule has 30 heavy (non-hydrogen) atoms. The molecule has 0 aliphatic heterocycles. The second kappa shape index (κ2) is 8.13. The molecule has 1 heterocycles. The van der Waals surface area contributed by atoms with Gasteiger partial charge in [-0.1, -0.05) is 31.4 Å². The van der Waals surface area contributed by atoms with Crippen molar-refractivity contribution < 1.29 is 9.47 Å². The second-order valence-electron chi connectivity index (χ2n) is 8.49. The van der Waals surface area contributed by atoms with Crippen LogP contribution in [0.2, 0.25) is 0 Å². The summed E-state index contributed by atoms with van der Waals surface area (Å²) >= 11 is 0. The van der Waals surface area contributed by atoms with E-state index in [-0.39, 0.29) is 0 Å². The lowest BCUT2D eigenvalue weighted by Crippen LogP contribution is -2.07. The van der Waals surface area contributed by atoms with Crippen molar-refractivity contribution in [1.29, 1.82) is 0 Å². The molecule has 5 heteroatoms. The molecule has 0 saturated heterocycles. The summed E-state index contributed by atoms with van der Waals surface area (Å²) in [5, 5.41) is 5.02. The predicted molar refractivity (Wildman–Crippen MR) is 117 cm³/mol. The lowest BCUT2D eigenvalue weighted by molar-refractivity contribution is 0.414. The first-order valence-electron chi connectivity index (χ1n) is 11.0. The number of hydrogen-bond acceptors (Lipinski definition) is 4. The quantitative estimate of drug-likeness (QED) is 0.537. The lowest BCUT2D eigenvalue weighted by atomic mass is 9.89. The van der Waals surface area contributed by atoms with Crippen LogP contribution in [0.1, 0.15) is 73.5 Å². The van der Waals surface area contributed by atoms with Gasteiger partial charge in [-0.05, 0) is 67.1 Å². The molecule has 156 valence electrons. The zero-order valence-corrected chi connectivity index (χ0v) is 17.8. The van der Waals surface area contributed by atoms with Gasteiger partial charge in [0.2, 0.25) is 0 Å². The SMILES string of the molecule is COc1ccc([C@@H]2C[C@H]2c2nc(C3CCCCC3)nn2-c2ccc(OC)cc2)cc1. The average Bonchev–Trinajstić information content (AvgIpc) is 3.49. The average molecular weight is 404 g/mol. The first-order valence-corrected chi connectivity index (χ1v) is 11.0. The molecule has 2 atom stereocenters. The van der Waals surface area contributed by atoms with Crippen LogP contribution < -0.4 is 9.47 Å². The van der Waals surface area contributed by atoms with Gasteiger partial charge >= 0.3 is 0 Å². The number of nitrogens with zero attached hydrogens (tertiary/aromatic N) is 3. The van der Waals surface area contributed by atoms with E-state index in [4.69, 9.17) is 19.6 Å². The zero-order chi connectivity index (χ0) is 20.5. The highest BCUT2D eigenvalue weighted by molar-refractivity contribution is 5.41. The van der Waals surface area contributed by atoms with Crippen LogP contribution in [0.4, 0.5) is 0 Å². The Morgan fingerprint density at radius 2 is 1.43 bits per heavy atom. The fraction of sp³-hybridized carbons (Fsp3) is 0.440. The van der Waals surface area contributed by atoms with Crippen molar-refractivity contribution in [3.63, 3.8) is 0 Å². The highest BCUT2D eigenvalue weighted by Gasteiger charge is 2.43. The van der Waals surface area contributed by atoms with Crippen LogP contribution in [0, 0.1) is 0 Å². The van der Waals surface area contributed by atoms with E-state index in [1.165, 1.54) is 37.7 Å². The molecule has 2 aromatic carbocycles. The van der Waals surface area contributed by atoms with E-state index in [0.717, 1.165) is 35.3 Å². The molecule has 5 nitrogen and oxygen atoms in total. The first-order chi connectivity index (χ1) is 14.8. The topological polar surface area (TPSA) is 49.2 Å². The van der Waals surface area contributed by atoms with E-state index in [1.807, 2.05) is 24.3 Å². The third-order valence-electron chi connectivity index (χ3n) is 6.60. The van der Waals surface area contributed by atoms with Gasteiger partial charge in [-0.2, -0.15) is 5.10 Å². The molecule has 2 saturated carbocycles. The van der Waals surface area contributed by atoms with Crippen molar-refractivity contribution in [3.8, 4) is 17.2 Å². The summed E-state index contributed by atoms with van der Waals surface area (Å²) in [4.78, 5) is 5.12. The maximum atomic E-state index is 5.33. The van der Waals surface area contributed by atoms with Crippen molar-refractivity contribution in [2.75, 3.05) is 14.2 Å². The van der Waals surface area contributed by atoms with Crippen molar-refractivity contribution in [2.45, 2.75) is 56.3 Å². The van der Waals surface area contributed by atoms with Gasteiger partial charge in [0.25, 0.3) is 0 Å². The Bertz CT molecular complexity index is 988. The molecule has 0 amide bonds. The monoisotopic (exact) mass is 403 g/mol. The van der Waals surface area contributed by atoms with Crippen molar-refractivity contribution in [2.24, 2.45) is 0 Å². The number of ether oxygens (including phenoxy) is 2. The van der Waals surface area contributed by atoms with E-state index < -0.39 is 0 Å². The van der Waals surface area contributed by atoms with Gasteiger partial charge in [-0.15, -0.1) is 0 Å². The van der Waals surface area contributed by atoms with E-state index in [2.05, 4.69) is 28.9 Å². The molecule has 1 aromatic heterocycles. The minimum atomic E-state index is 0.408. The maximum Gasteiger partial charge on any atom is 0.154 e. The Labute approximate surface area is 178 Å². The van der Waals surface area contributed by atoms with Crippen molar-refractivity contribution in [3.05, 3.63) is 65.7 Å². The van der Waals surface area contributed by atoms with E-state index >= 15 is 0 Å². The van der Waals surface area contributed by atoms with E-state index in [1.54, 1.807) is 14.2 Å². The fourth-order valence-electron chi connectivity index (χ4n) is 4.73. The van der Waals surface area contributed by atoms with Crippen LogP contribution in [-0.4, -0.2) is 29.0 Å². The van der Waals surface area contributed by atoms with Crippen LogP contribution in [0.15, 0.2) is 48.5 Å². The Hall–Kier alpha value is -2.82. The molecule has 0 unspecified atom stereocenters. The number of methoxy groups -OCH3 is 2. The Kier molecular flexibility index (Phi) is 5.19. The summed E-state index contributed by atoms with van der Waals surface area (Å²) in [7, 11) is 3.40. The highest BCUT2D eigenvalue weighted by atomic mass is 16.5. The minimum absolute atomic E-state index is 0.408. The summed E-state index contributed by atoms with van der Waals surface area (Å²) in [5.74, 6) is 5.28. The fourth-order valence-corrected chi connectivity index (χ4v) is 4.73. The van der Waals surface area contributed by atoms with Crippen molar-refractivity contribution >= 4 is 0 Å². The van der Waals surface area contributed by atoms with Gasteiger partial charge in [-0.25, -0.2) is 9.67 Å². The van der Waals surface area contributed by atoms with Crippen LogP contribution in [0.3, 0.4) is 0 Å². The number of rotatable bonds is 6. The smallest absolute Gasteiger partial charge is 0.154 e. The standard InChI is InChI=1S/C25H29N3O2/c1-29-20-12-8-17(9-13-20)22-16-23(22)25-26-24(18-6-4-3-5-7-18)27-28(25)19-10-14-21(30-2)15-11-19/h8-15,18,22-23H,3-7,16H2,1-2H3/t22-,23+/m0/s1. The molecular weight excluding hydrogens is 374 g/mol. The number of aromatic nitrogens is 3. The van der Waals surface area contributed by atoms with E-state index in [9.17, 15) is 0 Å². The van der Waals surface area contributed by atoms with Gasteiger partial charge in [0.05, 0.1) is 19.9 Å². The molecule has 0 bridgehead atoms. The molecule has 0 spiro atoms. The first kappa shape index (κ1) is 19.2. The molecule has 0 N–H and O–H groups in total. The maximum absolute atomic E-state index is 5.33.